The molecule has 0 heterocycles. The first kappa shape index (κ1) is 18.0. The molecule has 0 spiro atoms. The van der Waals surface area contributed by atoms with Gasteiger partial charge < -0.3 is 10.1 Å². The van der Waals surface area contributed by atoms with Crippen LogP contribution in [0.4, 0.5) is 13.2 Å². The molecule has 0 aliphatic rings. The number of rotatable bonds is 2. The van der Waals surface area contributed by atoms with Crippen molar-refractivity contribution in [3.8, 4) is 5.75 Å². The molecule has 1 aromatic rings. The van der Waals surface area contributed by atoms with E-state index in [0.717, 1.165) is 12.1 Å². The SMILES string of the molecule is CC(C)(C)NC(=S)NNC(=O)c1ccc(OC(F)(F)F)cc1. The monoisotopic (exact) mass is 335 g/mol. The fourth-order valence-electron chi connectivity index (χ4n) is 1.37. The minimum absolute atomic E-state index is 0.153. The third-order valence-corrected chi connectivity index (χ3v) is 2.33. The number of carbonyl (C=O) groups is 1. The van der Waals surface area contributed by atoms with Crippen LogP contribution in [0.3, 0.4) is 0 Å². The van der Waals surface area contributed by atoms with E-state index in [1.807, 2.05) is 20.8 Å². The van der Waals surface area contributed by atoms with E-state index < -0.39 is 18.0 Å². The summed E-state index contributed by atoms with van der Waals surface area (Å²) in [4.78, 5) is 11.8. The molecule has 1 aromatic carbocycles. The molecule has 0 radical (unpaired) electrons. The summed E-state index contributed by atoms with van der Waals surface area (Å²) in [7, 11) is 0. The van der Waals surface area contributed by atoms with Gasteiger partial charge in [0.2, 0.25) is 0 Å². The average Bonchev–Trinajstić information content (AvgIpc) is 2.33. The van der Waals surface area contributed by atoms with E-state index in [1.54, 1.807) is 0 Å². The zero-order chi connectivity index (χ0) is 17.0. The van der Waals surface area contributed by atoms with E-state index >= 15 is 0 Å². The smallest absolute Gasteiger partial charge is 0.406 e. The summed E-state index contributed by atoms with van der Waals surface area (Å²) in [5, 5.41) is 3.14. The van der Waals surface area contributed by atoms with Crippen molar-refractivity contribution >= 4 is 23.2 Å². The topological polar surface area (TPSA) is 62.4 Å². The second-order valence-corrected chi connectivity index (χ2v) is 5.76. The molecule has 0 fully saturated rings. The van der Waals surface area contributed by atoms with Gasteiger partial charge in [0.05, 0.1) is 0 Å². The Labute approximate surface area is 131 Å². The van der Waals surface area contributed by atoms with E-state index in [4.69, 9.17) is 12.2 Å². The van der Waals surface area contributed by atoms with Gasteiger partial charge in [-0.15, -0.1) is 13.2 Å². The van der Waals surface area contributed by atoms with Gasteiger partial charge in [-0.3, -0.25) is 15.6 Å². The van der Waals surface area contributed by atoms with Crippen LogP contribution in [0.25, 0.3) is 0 Å². The average molecular weight is 335 g/mol. The highest BCUT2D eigenvalue weighted by atomic mass is 32.1. The van der Waals surface area contributed by atoms with Crippen molar-refractivity contribution in [1.29, 1.82) is 0 Å². The lowest BCUT2D eigenvalue weighted by molar-refractivity contribution is -0.274. The Hall–Kier alpha value is -2.03. The highest BCUT2D eigenvalue weighted by Gasteiger charge is 2.31. The summed E-state index contributed by atoms with van der Waals surface area (Å²) < 4.78 is 39.7. The lowest BCUT2D eigenvalue weighted by Crippen LogP contribution is -2.52. The Morgan fingerprint density at radius 1 is 1.09 bits per heavy atom. The van der Waals surface area contributed by atoms with E-state index in [2.05, 4.69) is 20.9 Å². The van der Waals surface area contributed by atoms with Crippen LogP contribution in [0, 0.1) is 0 Å². The van der Waals surface area contributed by atoms with Gasteiger partial charge in [0.15, 0.2) is 5.11 Å². The zero-order valence-corrected chi connectivity index (χ0v) is 13.0. The van der Waals surface area contributed by atoms with E-state index in [1.165, 1.54) is 12.1 Å². The Morgan fingerprint density at radius 3 is 2.09 bits per heavy atom. The van der Waals surface area contributed by atoms with Crippen molar-refractivity contribution in [2.45, 2.75) is 32.7 Å². The maximum atomic E-state index is 12.0. The van der Waals surface area contributed by atoms with Crippen molar-refractivity contribution in [3.05, 3.63) is 29.8 Å². The fraction of sp³-hybridized carbons (Fsp3) is 0.385. The summed E-state index contributed by atoms with van der Waals surface area (Å²) in [5.74, 6) is -0.946. The number of hydrazine groups is 1. The molecule has 0 aliphatic carbocycles. The number of amides is 1. The number of nitrogens with one attached hydrogen (secondary N) is 3. The Kier molecular flexibility index (Phi) is 5.59. The summed E-state index contributed by atoms with van der Waals surface area (Å²) in [5.41, 5.74) is 4.71. The molecule has 0 saturated heterocycles. The predicted molar refractivity (Wildman–Crippen MR) is 79.2 cm³/mol. The Morgan fingerprint density at radius 2 is 1.64 bits per heavy atom. The third-order valence-electron chi connectivity index (χ3n) is 2.13. The van der Waals surface area contributed by atoms with Crippen LogP contribution >= 0.6 is 12.2 Å². The first-order chi connectivity index (χ1) is 9.96. The lowest BCUT2D eigenvalue weighted by atomic mass is 10.1. The lowest BCUT2D eigenvalue weighted by Gasteiger charge is -2.23. The summed E-state index contributed by atoms with van der Waals surface area (Å²) >= 11 is 4.97. The Balaban J connectivity index is 2.54. The molecule has 3 N–H and O–H groups in total. The number of hydrogen-bond acceptors (Lipinski definition) is 3. The summed E-state index contributed by atoms with van der Waals surface area (Å²) in [6, 6.07) is 4.51. The number of carbonyl (C=O) groups excluding carboxylic acids is 1. The minimum atomic E-state index is -4.77. The molecule has 0 aliphatic heterocycles. The number of alkyl halides is 3. The summed E-state index contributed by atoms with van der Waals surface area (Å²) in [6.07, 6.45) is -4.77. The highest BCUT2D eigenvalue weighted by Crippen LogP contribution is 2.22. The van der Waals surface area contributed by atoms with Gasteiger partial charge in [-0.25, -0.2) is 0 Å². The normalized spacial score (nSPS) is 11.5. The molecule has 122 valence electrons. The quantitative estimate of drug-likeness (QED) is 0.573. The molecule has 0 unspecified atom stereocenters. The van der Waals surface area contributed by atoms with Crippen molar-refractivity contribution in [1.82, 2.24) is 16.2 Å². The zero-order valence-electron chi connectivity index (χ0n) is 12.2. The molecular weight excluding hydrogens is 319 g/mol. The predicted octanol–water partition coefficient (Wildman–Crippen LogP) is 2.49. The van der Waals surface area contributed by atoms with E-state index in [9.17, 15) is 18.0 Å². The number of thiocarbonyl (C=S) groups is 1. The molecule has 0 saturated carbocycles. The number of benzene rings is 1. The van der Waals surface area contributed by atoms with Crippen LogP contribution in [-0.4, -0.2) is 22.9 Å². The molecule has 22 heavy (non-hydrogen) atoms. The summed E-state index contributed by atoms with van der Waals surface area (Å²) in [6.45, 7) is 5.67. The third kappa shape index (κ3) is 7.11. The molecular formula is C13H16F3N3O2S. The molecule has 0 aromatic heterocycles. The van der Waals surface area contributed by atoms with Crippen molar-refractivity contribution in [2.24, 2.45) is 0 Å². The van der Waals surface area contributed by atoms with E-state index in [0.29, 0.717) is 0 Å². The van der Waals surface area contributed by atoms with Gasteiger partial charge in [0.25, 0.3) is 5.91 Å². The largest absolute Gasteiger partial charge is 0.573 e. The van der Waals surface area contributed by atoms with Gasteiger partial charge in [-0.1, -0.05) is 0 Å². The maximum Gasteiger partial charge on any atom is 0.573 e. The van der Waals surface area contributed by atoms with Crippen molar-refractivity contribution < 1.29 is 22.7 Å². The number of ether oxygens (including phenoxy) is 1. The molecule has 5 nitrogen and oxygen atoms in total. The van der Waals surface area contributed by atoms with Gasteiger partial charge in [0, 0.05) is 11.1 Å². The number of hydrogen-bond donors (Lipinski definition) is 3. The maximum absolute atomic E-state index is 12.0. The fourth-order valence-corrected chi connectivity index (χ4v) is 1.72. The molecule has 1 amide bonds. The second-order valence-electron chi connectivity index (χ2n) is 5.36. The van der Waals surface area contributed by atoms with Gasteiger partial charge in [-0.2, -0.15) is 0 Å². The van der Waals surface area contributed by atoms with Crippen LogP contribution in [0.5, 0.6) is 5.75 Å². The van der Waals surface area contributed by atoms with Crippen LogP contribution < -0.4 is 20.9 Å². The standard InChI is InChI=1S/C13H16F3N3O2S/c1-12(2,3)17-11(22)19-18-10(20)8-4-6-9(7-5-8)21-13(14,15)16/h4-7H,1-3H3,(H,18,20)(H2,17,19,22). The van der Waals surface area contributed by atoms with Gasteiger partial charge in [0.1, 0.15) is 5.75 Å². The molecule has 1 rings (SSSR count). The minimum Gasteiger partial charge on any atom is -0.406 e. The van der Waals surface area contributed by atoms with Crippen LogP contribution in [0.1, 0.15) is 31.1 Å². The van der Waals surface area contributed by atoms with Crippen LogP contribution in [0.15, 0.2) is 24.3 Å². The first-order valence-corrected chi connectivity index (χ1v) is 6.61. The van der Waals surface area contributed by atoms with Crippen LogP contribution in [0.2, 0.25) is 0 Å². The second kappa shape index (κ2) is 6.82. The first-order valence-electron chi connectivity index (χ1n) is 6.20. The van der Waals surface area contributed by atoms with Crippen molar-refractivity contribution in [2.75, 3.05) is 0 Å². The Bertz CT molecular complexity index is 539. The van der Waals surface area contributed by atoms with Gasteiger partial charge >= 0.3 is 6.36 Å². The highest BCUT2D eigenvalue weighted by molar-refractivity contribution is 7.80. The van der Waals surface area contributed by atoms with Crippen LogP contribution in [-0.2, 0) is 0 Å². The van der Waals surface area contributed by atoms with E-state index in [-0.39, 0.29) is 16.2 Å². The number of halogens is 3. The van der Waals surface area contributed by atoms with Gasteiger partial charge in [-0.05, 0) is 57.3 Å². The molecule has 0 bridgehead atoms. The molecule has 0 atom stereocenters. The molecule has 9 heteroatoms. The van der Waals surface area contributed by atoms with Crippen molar-refractivity contribution in [3.63, 3.8) is 0 Å².